The summed E-state index contributed by atoms with van der Waals surface area (Å²) in [7, 11) is 1.47. The number of anilines is 1. The second-order valence-electron chi connectivity index (χ2n) is 6.03. The lowest BCUT2D eigenvalue weighted by Crippen LogP contribution is -2.43. The van der Waals surface area contributed by atoms with Crippen molar-refractivity contribution in [1.82, 2.24) is 5.32 Å². The topological polar surface area (TPSA) is 93.7 Å². The number of thioether (sulfide) groups is 1. The van der Waals surface area contributed by atoms with Crippen LogP contribution in [0.25, 0.3) is 0 Å². The highest BCUT2D eigenvalue weighted by atomic mass is 32.2. The van der Waals surface area contributed by atoms with Crippen molar-refractivity contribution in [2.75, 3.05) is 31.0 Å². The van der Waals surface area contributed by atoms with E-state index in [-0.39, 0.29) is 0 Å². The van der Waals surface area contributed by atoms with Crippen molar-refractivity contribution in [1.29, 1.82) is 0 Å². The normalized spacial score (nSPS) is 11.2. The Bertz CT molecular complexity index is 829. The van der Waals surface area contributed by atoms with Gasteiger partial charge in [0.25, 0.3) is 11.8 Å². The van der Waals surface area contributed by atoms with Crippen molar-refractivity contribution in [3.8, 4) is 5.75 Å². The van der Waals surface area contributed by atoms with Crippen molar-refractivity contribution < 1.29 is 23.9 Å². The quantitative estimate of drug-likeness (QED) is 0.579. The molecule has 0 fully saturated rings. The molecule has 0 saturated heterocycles. The van der Waals surface area contributed by atoms with Crippen molar-refractivity contribution in [2.45, 2.75) is 12.5 Å². The van der Waals surface area contributed by atoms with Crippen LogP contribution in [0.4, 0.5) is 5.69 Å². The van der Waals surface area contributed by atoms with Gasteiger partial charge in [0, 0.05) is 5.69 Å². The van der Waals surface area contributed by atoms with E-state index in [9.17, 15) is 14.4 Å². The average molecular weight is 416 g/mol. The van der Waals surface area contributed by atoms with E-state index in [1.165, 1.54) is 7.11 Å². The first kappa shape index (κ1) is 22.3. The van der Waals surface area contributed by atoms with Crippen LogP contribution >= 0.6 is 11.8 Å². The largest absolute Gasteiger partial charge is 0.496 e. The fraction of sp³-hybridized carbons (Fsp3) is 0.286. The summed E-state index contributed by atoms with van der Waals surface area (Å²) in [6.45, 7) is -0.436. The molecule has 0 aliphatic carbocycles. The summed E-state index contributed by atoms with van der Waals surface area (Å²) < 4.78 is 10.3. The van der Waals surface area contributed by atoms with E-state index in [1.807, 2.05) is 12.3 Å². The van der Waals surface area contributed by atoms with E-state index in [0.717, 1.165) is 0 Å². The third-order valence-electron chi connectivity index (χ3n) is 3.96. The predicted octanol–water partition coefficient (Wildman–Crippen LogP) is 2.73. The Morgan fingerprint density at radius 2 is 1.72 bits per heavy atom. The summed E-state index contributed by atoms with van der Waals surface area (Å²) >= 11 is 1.54. The predicted molar refractivity (Wildman–Crippen MR) is 113 cm³/mol. The molecule has 2 aromatic carbocycles. The standard InChI is InChI=1S/C21H24N2O5S/c1-27-18-11-7-6-10-16(18)20(25)23-17(12-13-29-2)21(26)28-14-19(24)22-15-8-4-3-5-9-15/h3-11,17H,12-14H2,1-2H3,(H,22,24)(H,23,25)/t17-/m1/s1. The van der Waals surface area contributed by atoms with Crippen LogP contribution < -0.4 is 15.4 Å². The summed E-state index contributed by atoms with van der Waals surface area (Å²) in [5.74, 6) is -0.513. The first-order chi connectivity index (χ1) is 14.0. The molecule has 0 aliphatic rings. The van der Waals surface area contributed by atoms with Gasteiger partial charge in [-0.2, -0.15) is 11.8 Å². The molecule has 2 N–H and O–H groups in total. The maximum absolute atomic E-state index is 12.6. The van der Waals surface area contributed by atoms with Crippen LogP contribution in [0.15, 0.2) is 54.6 Å². The molecule has 8 heteroatoms. The zero-order valence-electron chi connectivity index (χ0n) is 16.3. The van der Waals surface area contributed by atoms with Gasteiger partial charge in [0.1, 0.15) is 11.8 Å². The van der Waals surface area contributed by atoms with E-state index in [1.54, 1.807) is 60.3 Å². The number of carbonyl (C=O) groups is 3. The van der Waals surface area contributed by atoms with Gasteiger partial charge in [0.15, 0.2) is 6.61 Å². The highest BCUT2D eigenvalue weighted by molar-refractivity contribution is 7.98. The zero-order valence-corrected chi connectivity index (χ0v) is 17.2. The molecule has 1 atom stereocenters. The summed E-state index contributed by atoms with van der Waals surface area (Å²) in [4.78, 5) is 37.1. The number of para-hydroxylation sites is 2. The second kappa shape index (κ2) is 11.8. The molecule has 0 saturated carbocycles. The van der Waals surface area contributed by atoms with Crippen LogP contribution in [0.5, 0.6) is 5.75 Å². The van der Waals surface area contributed by atoms with Crippen LogP contribution in [0.1, 0.15) is 16.8 Å². The number of nitrogens with one attached hydrogen (secondary N) is 2. The number of hydrogen-bond donors (Lipinski definition) is 2. The number of benzene rings is 2. The molecule has 154 valence electrons. The van der Waals surface area contributed by atoms with Gasteiger partial charge in [-0.25, -0.2) is 4.79 Å². The molecule has 29 heavy (non-hydrogen) atoms. The molecule has 0 unspecified atom stereocenters. The van der Waals surface area contributed by atoms with Crippen LogP contribution in [0.3, 0.4) is 0 Å². The number of carbonyl (C=O) groups excluding carboxylic acids is 3. The van der Waals surface area contributed by atoms with Crippen LogP contribution in [-0.2, 0) is 14.3 Å². The van der Waals surface area contributed by atoms with E-state index < -0.39 is 30.4 Å². The number of ether oxygens (including phenoxy) is 2. The van der Waals surface area contributed by atoms with Gasteiger partial charge in [-0.05, 0) is 42.7 Å². The monoisotopic (exact) mass is 416 g/mol. The highest BCUT2D eigenvalue weighted by Gasteiger charge is 2.24. The molecule has 0 heterocycles. The fourth-order valence-corrected chi connectivity index (χ4v) is 2.98. The minimum Gasteiger partial charge on any atom is -0.496 e. The molecule has 0 radical (unpaired) electrons. The molecule has 0 bridgehead atoms. The first-order valence-corrected chi connectivity index (χ1v) is 10.4. The molecule has 2 rings (SSSR count). The molecule has 2 amide bonds. The lowest BCUT2D eigenvalue weighted by molar-refractivity contribution is -0.149. The van der Waals surface area contributed by atoms with Gasteiger partial charge in [-0.15, -0.1) is 0 Å². The average Bonchev–Trinajstić information content (AvgIpc) is 2.75. The summed E-state index contributed by atoms with van der Waals surface area (Å²) in [6, 6.07) is 14.7. The minimum absolute atomic E-state index is 0.318. The molecular formula is C21H24N2O5S. The van der Waals surface area contributed by atoms with Gasteiger partial charge < -0.3 is 20.1 Å². The Morgan fingerprint density at radius 3 is 2.41 bits per heavy atom. The first-order valence-electron chi connectivity index (χ1n) is 8.99. The molecule has 0 aliphatic heterocycles. The fourth-order valence-electron chi connectivity index (χ4n) is 2.51. The lowest BCUT2D eigenvalue weighted by Gasteiger charge is -2.18. The van der Waals surface area contributed by atoms with Gasteiger partial charge in [-0.3, -0.25) is 9.59 Å². The number of methoxy groups -OCH3 is 1. The Kier molecular flexibility index (Phi) is 9.04. The third-order valence-corrected chi connectivity index (χ3v) is 4.60. The Hall–Kier alpha value is -3.00. The Labute approximate surface area is 174 Å². The molecule has 7 nitrogen and oxygen atoms in total. The maximum atomic E-state index is 12.6. The Balaban J connectivity index is 1.96. The number of esters is 1. The van der Waals surface area contributed by atoms with E-state index in [2.05, 4.69) is 10.6 Å². The minimum atomic E-state index is -0.871. The van der Waals surface area contributed by atoms with Crippen molar-refractivity contribution >= 4 is 35.2 Å². The van der Waals surface area contributed by atoms with Gasteiger partial charge >= 0.3 is 5.97 Å². The Morgan fingerprint density at radius 1 is 1.03 bits per heavy atom. The van der Waals surface area contributed by atoms with Crippen molar-refractivity contribution in [2.24, 2.45) is 0 Å². The van der Waals surface area contributed by atoms with Crippen molar-refractivity contribution in [3.05, 3.63) is 60.2 Å². The summed E-state index contributed by atoms with van der Waals surface area (Å²) in [5.41, 5.74) is 0.927. The summed E-state index contributed by atoms with van der Waals surface area (Å²) in [5, 5.41) is 5.31. The van der Waals surface area contributed by atoms with Crippen molar-refractivity contribution in [3.63, 3.8) is 0 Å². The lowest BCUT2D eigenvalue weighted by atomic mass is 10.1. The van der Waals surface area contributed by atoms with Gasteiger partial charge in [-0.1, -0.05) is 30.3 Å². The number of rotatable bonds is 10. The molecular weight excluding hydrogens is 392 g/mol. The molecule has 0 aromatic heterocycles. The third kappa shape index (κ3) is 7.15. The second-order valence-corrected chi connectivity index (χ2v) is 7.02. The van der Waals surface area contributed by atoms with Crippen LogP contribution in [0, 0.1) is 0 Å². The molecule has 0 spiro atoms. The number of hydrogen-bond acceptors (Lipinski definition) is 6. The zero-order chi connectivity index (χ0) is 21.1. The smallest absolute Gasteiger partial charge is 0.329 e. The van der Waals surface area contributed by atoms with E-state index >= 15 is 0 Å². The van der Waals surface area contributed by atoms with Gasteiger partial charge in [0.2, 0.25) is 0 Å². The van der Waals surface area contributed by atoms with Crippen LogP contribution in [0.2, 0.25) is 0 Å². The SMILES string of the molecule is COc1ccccc1C(=O)N[C@H](CCSC)C(=O)OCC(=O)Nc1ccccc1. The molecule has 2 aromatic rings. The summed E-state index contributed by atoms with van der Waals surface area (Å²) in [6.07, 6.45) is 2.28. The highest BCUT2D eigenvalue weighted by Crippen LogP contribution is 2.17. The van der Waals surface area contributed by atoms with E-state index in [4.69, 9.17) is 9.47 Å². The van der Waals surface area contributed by atoms with Crippen LogP contribution in [-0.4, -0.2) is 49.6 Å². The van der Waals surface area contributed by atoms with Gasteiger partial charge in [0.05, 0.1) is 12.7 Å². The van der Waals surface area contributed by atoms with E-state index in [0.29, 0.717) is 29.2 Å². The number of amides is 2. The maximum Gasteiger partial charge on any atom is 0.329 e.